The van der Waals surface area contributed by atoms with Crippen LogP contribution in [0.25, 0.3) is 0 Å². The van der Waals surface area contributed by atoms with Crippen LogP contribution in [0.5, 0.6) is 0 Å². The van der Waals surface area contributed by atoms with E-state index in [2.05, 4.69) is 5.32 Å². The van der Waals surface area contributed by atoms with E-state index in [-0.39, 0.29) is 24.7 Å². The molecule has 0 aromatic carbocycles. The first kappa shape index (κ1) is 15.8. The molecule has 0 bridgehead atoms. The molecule has 1 aliphatic rings. The summed E-state index contributed by atoms with van der Waals surface area (Å²) in [7, 11) is 0. The van der Waals surface area contributed by atoms with E-state index in [0.717, 1.165) is 19.3 Å². The number of carbonyl (C=O) groups is 2. The van der Waals surface area contributed by atoms with Gasteiger partial charge in [0.05, 0.1) is 5.41 Å². The van der Waals surface area contributed by atoms with E-state index < -0.39 is 11.4 Å². The number of likely N-dealkylation sites (tertiary alicyclic amines) is 1. The molecular weight excluding hydrogens is 244 g/mol. The zero-order chi connectivity index (χ0) is 14.6. The van der Waals surface area contributed by atoms with Gasteiger partial charge in [-0.2, -0.15) is 0 Å². The van der Waals surface area contributed by atoms with Crippen LogP contribution in [0.3, 0.4) is 0 Å². The summed E-state index contributed by atoms with van der Waals surface area (Å²) < 4.78 is 0. The Morgan fingerprint density at radius 3 is 2.26 bits per heavy atom. The van der Waals surface area contributed by atoms with Gasteiger partial charge in [0, 0.05) is 18.6 Å². The number of piperidine rings is 1. The van der Waals surface area contributed by atoms with Crippen LogP contribution in [-0.4, -0.2) is 40.6 Å². The molecule has 0 aromatic rings. The number of carboxylic acids is 1. The Kier molecular flexibility index (Phi) is 5.20. The molecule has 3 atom stereocenters. The minimum Gasteiger partial charge on any atom is -0.481 e. The Morgan fingerprint density at radius 1 is 1.32 bits per heavy atom. The molecule has 1 saturated heterocycles. The predicted molar refractivity (Wildman–Crippen MR) is 74.0 cm³/mol. The third kappa shape index (κ3) is 3.61. The van der Waals surface area contributed by atoms with Crippen molar-refractivity contribution in [3.05, 3.63) is 0 Å². The van der Waals surface area contributed by atoms with Crippen LogP contribution in [0.4, 0.5) is 4.79 Å². The van der Waals surface area contributed by atoms with Crippen molar-refractivity contribution in [3.63, 3.8) is 0 Å². The first-order chi connectivity index (χ1) is 8.81. The number of carboxylic acid groups (broad SMARTS) is 1. The highest BCUT2D eigenvalue weighted by atomic mass is 16.4. The summed E-state index contributed by atoms with van der Waals surface area (Å²) in [6.45, 7) is 7.76. The SMILES string of the molecule is CCC(C)(CNC(=O)N1C(C)CCCC1C)C(=O)O. The van der Waals surface area contributed by atoms with E-state index in [1.54, 1.807) is 6.92 Å². The fourth-order valence-corrected chi connectivity index (χ4v) is 2.54. The number of carbonyl (C=O) groups excluding carboxylic acids is 1. The first-order valence-corrected chi connectivity index (χ1v) is 7.11. The highest BCUT2D eigenvalue weighted by Gasteiger charge is 2.34. The minimum atomic E-state index is -0.891. The standard InChI is InChI=1S/C14H26N2O3/c1-5-14(4,12(17)18)9-15-13(19)16-10(2)7-6-8-11(16)3/h10-11H,5-9H2,1-4H3,(H,15,19)(H,17,18). The summed E-state index contributed by atoms with van der Waals surface area (Å²) in [5.74, 6) is -0.866. The summed E-state index contributed by atoms with van der Waals surface area (Å²) in [6.07, 6.45) is 3.67. The second-order valence-corrected chi connectivity index (χ2v) is 5.91. The largest absolute Gasteiger partial charge is 0.481 e. The molecule has 0 spiro atoms. The van der Waals surface area contributed by atoms with Gasteiger partial charge in [0.1, 0.15) is 0 Å². The molecule has 5 heteroatoms. The molecule has 2 amide bonds. The summed E-state index contributed by atoms with van der Waals surface area (Å²) in [5.41, 5.74) is -0.891. The van der Waals surface area contributed by atoms with E-state index in [1.807, 2.05) is 25.7 Å². The molecular formula is C14H26N2O3. The summed E-state index contributed by atoms with van der Waals surface area (Å²) in [5, 5.41) is 12.0. The van der Waals surface area contributed by atoms with Crippen LogP contribution in [0, 0.1) is 5.41 Å². The number of rotatable bonds is 4. The summed E-state index contributed by atoms with van der Waals surface area (Å²) in [4.78, 5) is 25.3. The van der Waals surface area contributed by atoms with Crippen LogP contribution in [0.15, 0.2) is 0 Å². The van der Waals surface area contributed by atoms with Crippen molar-refractivity contribution in [2.24, 2.45) is 5.41 Å². The Morgan fingerprint density at radius 2 is 1.84 bits per heavy atom. The lowest BCUT2D eigenvalue weighted by Crippen LogP contribution is -2.54. The third-order valence-corrected chi connectivity index (χ3v) is 4.35. The zero-order valence-corrected chi connectivity index (χ0v) is 12.4. The molecule has 3 unspecified atom stereocenters. The van der Waals surface area contributed by atoms with Gasteiger partial charge in [0.15, 0.2) is 0 Å². The van der Waals surface area contributed by atoms with Gasteiger partial charge in [-0.1, -0.05) is 6.92 Å². The molecule has 0 saturated carbocycles. The summed E-state index contributed by atoms with van der Waals surface area (Å²) in [6, 6.07) is 0.309. The molecule has 110 valence electrons. The van der Waals surface area contributed by atoms with Crippen molar-refractivity contribution in [1.82, 2.24) is 10.2 Å². The fraction of sp³-hybridized carbons (Fsp3) is 0.857. The number of hydrogen-bond donors (Lipinski definition) is 2. The highest BCUT2D eigenvalue weighted by molar-refractivity contribution is 5.78. The Bertz CT molecular complexity index is 336. The van der Waals surface area contributed by atoms with E-state index in [9.17, 15) is 14.7 Å². The lowest BCUT2D eigenvalue weighted by molar-refractivity contribution is -0.147. The van der Waals surface area contributed by atoms with Gasteiger partial charge in [0.25, 0.3) is 0 Å². The second kappa shape index (κ2) is 6.26. The van der Waals surface area contributed by atoms with Crippen molar-refractivity contribution >= 4 is 12.0 Å². The molecule has 0 radical (unpaired) electrons. The second-order valence-electron chi connectivity index (χ2n) is 5.91. The molecule has 1 aliphatic heterocycles. The minimum absolute atomic E-state index is 0.138. The quantitative estimate of drug-likeness (QED) is 0.824. The lowest BCUT2D eigenvalue weighted by atomic mass is 9.88. The maximum atomic E-state index is 12.2. The van der Waals surface area contributed by atoms with Gasteiger partial charge >= 0.3 is 12.0 Å². The van der Waals surface area contributed by atoms with Crippen LogP contribution < -0.4 is 5.32 Å². The van der Waals surface area contributed by atoms with Gasteiger partial charge in [-0.25, -0.2) is 4.79 Å². The maximum Gasteiger partial charge on any atom is 0.317 e. The van der Waals surface area contributed by atoms with Crippen molar-refractivity contribution in [2.45, 2.75) is 65.5 Å². The lowest BCUT2D eigenvalue weighted by Gasteiger charge is -2.39. The maximum absolute atomic E-state index is 12.2. The average molecular weight is 270 g/mol. The predicted octanol–water partition coefficient (Wildman–Crippen LogP) is 2.46. The third-order valence-electron chi connectivity index (χ3n) is 4.35. The number of nitrogens with zero attached hydrogens (tertiary/aromatic N) is 1. The highest BCUT2D eigenvalue weighted by Crippen LogP contribution is 2.24. The topological polar surface area (TPSA) is 69.6 Å². The number of nitrogens with one attached hydrogen (secondary N) is 1. The van der Waals surface area contributed by atoms with Crippen molar-refractivity contribution in [2.75, 3.05) is 6.54 Å². The molecule has 0 aliphatic carbocycles. The van der Waals surface area contributed by atoms with Crippen LogP contribution in [0.1, 0.15) is 53.4 Å². The van der Waals surface area contributed by atoms with Crippen molar-refractivity contribution in [1.29, 1.82) is 0 Å². The van der Waals surface area contributed by atoms with Crippen LogP contribution in [-0.2, 0) is 4.79 Å². The first-order valence-electron chi connectivity index (χ1n) is 7.11. The monoisotopic (exact) mass is 270 g/mol. The van der Waals surface area contributed by atoms with Gasteiger partial charge in [-0.3, -0.25) is 4.79 Å². The van der Waals surface area contributed by atoms with Gasteiger partial charge in [-0.05, 0) is 46.5 Å². The van der Waals surface area contributed by atoms with E-state index in [4.69, 9.17) is 0 Å². The number of amides is 2. The Balaban J connectivity index is 2.61. The number of aliphatic carboxylic acids is 1. The Hall–Kier alpha value is -1.26. The van der Waals surface area contributed by atoms with Crippen LogP contribution >= 0.6 is 0 Å². The Labute approximate surface area is 115 Å². The molecule has 5 nitrogen and oxygen atoms in total. The average Bonchev–Trinajstić information content (AvgIpc) is 2.35. The number of urea groups is 1. The van der Waals surface area contributed by atoms with Crippen molar-refractivity contribution in [3.8, 4) is 0 Å². The molecule has 1 heterocycles. The number of hydrogen-bond acceptors (Lipinski definition) is 2. The van der Waals surface area contributed by atoms with E-state index in [1.165, 1.54) is 0 Å². The fourth-order valence-electron chi connectivity index (χ4n) is 2.54. The molecule has 2 N–H and O–H groups in total. The van der Waals surface area contributed by atoms with Gasteiger partial charge in [-0.15, -0.1) is 0 Å². The normalized spacial score (nSPS) is 26.6. The van der Waals surface area contributed by atoms with Gasteiger partial charge in [0.2, 0.25) is 0 Å². The van der Waals surface area contributed by atoms with Gasteiger partial charge < -0.3 is 15.3 Å². The molecule has 1 rings (SSSR count). The summed E-state index contributed by atoms with van der Waals surface area (Å²) >= 11 is 0. The van der Waals surface area contributed by atoms with Crippen molar-refractivity contribution < 1.29 is 14.7 Å². The molecule has 19 heavy (non-hydrogen) atoms. The van der Waals surface area contributed by atoms with E-state index in [0.29, 0.717) is 6.42 Å². The van der Waals surface area contributed by atoms with E-state index >= 15 is 0 Å². The molecule has 1 fully saturated rings. The molecule has 0 aromatic heterocycles. The zero-order valence-electron chi connectivity index (χ0n) is 12.4. The van der Waals surface area contributed by atoms with Crippen LogP contribution in [0.2, 0.25) is 0 Å². The smallest absolute Gasteiger partial charge is 0.317 e.